The van der Waals surface area contributed by atoms with Crippen LogP contribution < -0.4 is 5.32 Å². The number of likely N-dealkylation sites (tertiary alicyclic amines) is 1. The van der Waals surface area contributed by atoms with E-state index < -0.39 is 0 Å². The van der Waals surface area contributed by atoms with Crippen LogP contribution in [-0.2, 0) is 11.2 Å². The molecule has 0 atom stereocenters. The fourth-order valence-corrected chi connectivity index (χ4v) is 3.14. The zero-order chi connectivity index (χ0) is 17.8. The van der Waals surface area contributed by atoms with Crippen LogP contribution in [-0.4, -0.2) is 29.8 Å². The lowest BCUT2D eigenvalue weighted by atomic mass is 10.0. The number of hydrogen-bond acceptors (Lipinski definition) is 2. The Morgan fingerprint density at radius 1 is 1.00 bits per heavy atom. The first-order valence-electron chi connectivity index (χ1n) is 8.78. The van der Waals surface area contributed by atoms with Gasteiger partial charge in [-0.1, -0.05) is 29.8 Å². The number of aryl methyl sites for hydroxylation is 2. The summed E-state index contributed by atoms with van der Waals surface area (Å²) < 4.78 is 0. The molecule has 2 aromatic rings. The van der Waals surface area contributed by atoms with Crippen molar-refractivity contribution in [3.05, 3.63) is 64.7 Å². The molecule has 0 unspecified atom stereocenters. The number of rotatable bonds is 4. The molecule has 1 fully saturated rings. The van der Waals surface area contributed by atoms with Gasteiger partial charge in [0.2, 0.25) is 5.91 Å². The second kappa shape index (κ2) is 7.51. The van der Waals surface area contributed by atoms with E-state index in [1.807, 2.05) is 61.2 Å². The highest BCUT2D eigenvalue weighted by atomic mass is 16.2. The molecule has 3 rings (SSSR count). The average Bonchev–Trinajstić information content (AvgIpc) is 3.13. The van der Waals surface area contributed by atoms with Crippen LogP contribution >= 0.6 is 0 Å². The van der Waals surface area contributed by atoms with E-state index in [0.717, 1.165) is 48.3 Å². The summed E-state index contributed by atoms with van der Waals surface area (Å²) in [7, 11) is 0. The molecule has 4 heteroatoms. The number of nitrogens with one attached hydrogen (secondary N) is 1. The van der Waals surface area contributed by atoms with Gasteiger partial charge in [0.25, 0.3) is 5.91 Å². The number of carbonyl (C=O) groups excluding carboxylic acids is 2. The van der Waals surface area contributed by atoms with Crippen molar-refractivity contribution in [2.24, 2.45) is 0 Å². The van der Waals surface area contributed by atoms with Gasteiger partial charge >= 0.3 is 0 Å². The van der Waals surface area contributed by atoms with E-state index in [1.54, 1.807) is 0 Å². The molecular weight excluding hydrogens is 312 g/mol. The Labute approximate surface area is 148 Å². The maximum atomic E-state index is 12.5. The van der Waals surface area contributed by atoms with Crippen LogP contribution in [0.1, 0.15) is 39.9 Å². The Morgan fingerprint density at radius 2 is 1.68 bits per heavy atom. The highest BCUT2D eigenvalue weighted by Gasteiger charge is 2.18. The van der Waals surface area contributed by atoms with Gasteiger partial charge in [-0.15, -0.1) is 0 Å². The molecule has 130 valence electrons. The molecule has 0 saturated carbocycles. The van der Waals surface area contributed by atoms with Gasteiger partial charge in [-0.3, -0.25) is 9.59 Å². The summed E-state index contributed by atoms with van der Waals surface area (Å²) in [5.74, 6) is 0.0757. The van der Waals surface area contributed by atoms with Crippen molar-refractivity contribution in [1.29, 1.82) is 0 Å². The predicted molar refractivity (Wildman–Crippen MR) is 99.8 cm³/mol. The van der Waals surface area contributed by atoms with Crippen molar-refractivity contribution in [1.82, 2.24) is 4.90 Å². The predicted octanol–water partition coefficient (Wildman–Crippen LogP) is 3.72. The minimum atomic E-state index is -0.109. The normalized spacial score (nSPS) is 13.8. The van der Waals surface area contributed by atoms with Crippen molar-refractivity contribution in [3.63, 3.8) is 0 Å². The molecule has 25 heavy (non-hydrogen) atoms. The fourth-order valence-electron chi connectivity index (χ4n) is 3.14. The molecule has 0 aliphatic carbocycles. The van der Waals surface area contributed by atoms with Crippen LogP contribution in [0.5, 0.6) is 0 Å². The van der Waals surface area contributed by atoms with Gasteiger partial charge in [0.05, 0.1) is 6.42 Å². The molecular formula is C21H24N2O2. The standard InChI is InChI=1S/C21H24N2O2/c1-15-5-6-16(2)19(13-15)21(25)22-18-9-7-17(8-10-18)14-20(24)23-11-3-4-12-23/h5-10,13H,3-4,11-12,14H2,1-2H3,(H,22,25). The Balaban J connectivity index is 1.63. The van der Waals surface area contributed by atoms with E-state index in [-0.39, 0.29) is 11.8 Å². The van der Waals surface area contributed by atoms with Crippen LogP contribution in [0, 0.1) is 13.8 Å². The molecule has 1 heterocycles. The molecule has 2 amide bonds. The minimum Gasteiger partial charge on any atom is -0.342 e. The van der Waals surface area contributed by atoms with Gasteiger partial charge in [0.15, 0.2) is 0 Å². The maximum absolute atomic E-state index is 12.5. The lowest BCUT2D eigenvalue weighted by molar-refractivity contribution is -0.129. The highest BCUT2D eigenvalue weighted by Crippen LogP contribution is 2.16. The van der Waals surface area contributed by atoms with Crippen molar-refractivity contribution in [2.75, 3.05) is 18.4 Å². The molecule has 1 saturated heterocycles. The van der Waals surface area contributed by atoms with Crippen LogP contribution in [0.4, 0.5) is 5.69 Å². The molecule has 1 aliphatic heterocycles. The third-order valence-corrected chi connectivity index (χ3v) is 4.66. The highest BCUT2D eigenvalue weighted by molar-refractivity contribution is 6.05. The molecule has 0 aromatic heterocycles. The minimum absolute atomic E-state index is 0.109. The summed E-state index contributed by atoms with van der Waals surface area (Å²) in [6, 6.07) is 13.4. The summed E-state index contributed by atoms with van der Waals surface area (Å²) >= 11 is 0. The first-order chi connectivity index (χ1) is 12.0. The molecule has 0 bridgehead atoms. The third-order valence-electron chi connectivity index (χ3n) is 4.66. The monoisotopic (exact) mass is 336 g/mol. The van der Waals surface area contributed by atoms with Gasteiger partial charge < -0.3 is 10.2 Å². The van der Waals surface area contributed by atoms with E-state index in [9.17, 15) is 9.59 Å². The lowest BCUT2D eigenvalue weighted by Crippen LogP contribution is -2.29. The van der Waals surface area contributed by atoms with E-state index in [2.05, 4.69) is 5.32 Å². The molecule has 0 radical (unpaired) electrons. The van der Waals surface area contributed by atoms with Crippen LogP contribution in [0.3, 0.4) is 0 Å². The largest absolute Gasteiger partial charge is 0.342 e. The second-order valence-corrected chi connectivity index (χ2v) is 6.73. The number of amides is 2. The summed E-state index contributed by atoms with van der Waals surface area (Å²) in [6.07, 6.45) is 2.63. The molecule has 2 aromatic carbocycles. The molecule has 0 spiro atoms. The Morgan fingerprint density at radius 3 is 2.36 bits per heavy atom. The maximum Gasteiger partial charge on any atom is 0.255 e. The topological polar surface area (TPSA) is 49.4 Å². The van der Waals surface area contributed by atoms with Gasteiger partial charge in [0.1, 0.15) is 0 Å². The SMILES string of the molecule is Cc1ccc(C)c(C(=O)Nc2ccc(CC(=O)N3CCCC3)cc2)c1. The van der Waals surface area contributed by atoms with E-state index in [0.29, 0.717) is 12.0 Å². The summed E-state index contributed by atoms with van der Waals surface area (Å²) in [5, 5.41) is 2.93. The van der Waals surface area contributed by atoms with Gasteiger partial charge in [-0.2, -0.15) is 0 Å². The summed E-state index contributed by atoms with van der Waals surface area (Å²) in [6.45, 7) is 5.66. The van der Waals surface area contributed by atoms with Gasteiger partial charge in [-0.25, -0.2) is 0 Å². The van der Waals surface area contributed by atoms with Crippen molar-refractivity contribution >= 4 is 17.5 Å². The van der Waals surface area contributed by atoms with Crippen molar-refractivity contribution in [2.45, 2.75) is 33.1 Å². The molecule has 1 N–H and O–H groups in total. The van der Waals surface area contributed by atoms with Gasteiger partial charge in [-0.05, 0) is 56.0 Å². The first kappa shape index (κ1) is 17.2. The van der Waals surface area contributed by atoms with E-state index in [4.69, 9.17) is 0 Å². The number of carbonyl (C=O) groups is 2. The van der Waals surface area contributed by atoms with Gasteiger partial charge in [0, 0.05) is 24.3 Å². The van der Waals surface area contributed by atoms with Crippen LogP contribution in [0.25, 0.3) is 0 Å². The van der Waals surface area contributed by atoms with Crippen molar-refractivity contribution < 1.29 is 9.59 Å². The number of benzene rings is 2. The van der Waals surface area contributed by atoms with Crippen molar-refractivity contribution in [3.8, 4) is 0 Å². The lowest BCUT2D eigenvalue weighted by Gasteiger charge is -2.15. The summed E-state index contributed by atoms with van der Waals surface area (Å²) in [4.78, 5) is 26.6. The van der Waals surface area contributed by atoms with Crippen LogP contribution in [0.15, 0.2) is 42.5 Å². The van der Waals surface area contributed by atoms with E-state index in [1.165, 1.54) is 0 Å². The number of nitrogens with zero attached hydrogens (tertiary/aromatic N) is 1. The van der Waals surface area contributed by atoms with E-state index >= 15 is 0 Å². The average molecular weight is 336 g/mol. The quantitative estimate of drug-likeness (QED) is 0.925. The first-order valence-corrected chi connectivity index (χ1v) is 8.78. The number of anilines is 1. The Bertz CT molecular complexity index is 775. The Hall–Kier alpha value is -2.62. The summed E-state index contributed by atoms with van der Waals surface area (Å²) in [5.41, 5.74) is 4.42. The second-order valence-electron chi connectivity index (χ2n) is 6.73. The smallest absolute Gasteiger partial charge is 0.255 e. The number of hydrogen-bond donors (Lipinski definition) is 1. The van der Waals surface area contributed by atoms with Crippen LogP contribution in [0.2, 0.25) is 0 Å². The molecule has 1 aliphatic rings. The zero-order valence-electron chi connectivity index (χ0n) is 14.8. The Kier molecular flexibility index (Phi) is 5.17. The molecule has 4 nitrogen and oxygen atoms in total. The zero-order valence-corrected chi connectivity index (χ0v) is 14.8. The third kappa shape index (κ3) is 4.27. The fraction of sp³-hybridized carbons (Fsp3) is 0.333.